The summed E-state index contributed by atoms with van der Waals surface area (Å²) >= 11 is 12.3. The Hall–Kier alpha value is -2.62. The molecule has 4 rings (SSSR count). The van der Waals surface area contributed by atoms with Crippen LogP contribution in [0.2, 0.25) is 10.0 Å². The maximum absolute atomic E-state index is 12.9. The zero-order valence-corrected chi connectivity index (χ0v) is 14.3. The molecular formula is C20H10Cl2O3. The molecule has 0 amide bonds. The van der Waals surface area contributed by atoms with Crippen LogP contribution >= 0.6 is 23.2 Å². The Labute approximate surface area is 153 Å². The number of halogens is 2. The number of benzene rings is 3. The van der Waals surface area contributed by atoms with E-state index in [-0.39, 0.29) is 28.6 Å². The summed E-state index contributed by atoms with van der Waals surface area (Å²) in [4.78, 5) is 25.7. The maximum Gasteiger partial charge on any atom is 0.198 e. The largest absolute Gasteiger partial charge is 0.453 e. The Morgan fingerprint density at radius 2 is 1.20 bits per heavy atom. The second-order valence-electron chi connectivity index (χ2n) is 5.54. The van der Waals surface area contributed by atoms with Crippen LogP contribution in [0.5, 0.6) is 11.5 Å². The number of para-hydroxylation sites is 1. The normalized spacial score (nSPS) is 12.6. The van der Waals surface area contributed by atoms with Crippen LogP contribution < -0.4 is 4.74 Å². The lowest BCUT2D eigenvalue weighted by Gasteiger charge is -2.20. The number of hydrogen-bond donors (Lipinski definition) is 0. The van der Waals surface area contributed by atoms with Crippen LogP contribution in [-0.2, 0) is 0 Å². The lowest BCUT2D eigenvalue weighted by Crippen LogP contribution is -2.21. The molecule has 3 aromatic rings. The second kappa shape index (κ2) is 6.03. The van der Waals surface area contributed by atoms with Gasteiger partial charge in [0.2, 0.25) is 0 Å². The summed E-state index contributed by atoms with van der Waals surface area (Å²) in [5.74, 6) is 0.0311. The van der Waals surface area contributed by atoms with Crippen molar-refractivity contribution in [3.8, 4) is 11.5 Å². The fourth-order valence-electron chi connectivity index (χ4n) is 2.89. The van der Waals surface area contributed by atoms with E-state index in [2.05, 4.69) is 0 Å². The van der Waals surface area contributed by atoms with Gasteiger partial charge in [-0.15, -0.1) is 0 Å². The molecule has 3 aromatic carbocycles. The molecule has 1 aliphatic carbocycles. The monoisotopic (exact) mass is 368 g/mol. The Bertz CT molecular complexity index is 1020. The van der Waals surface area contributed by atoms with E-state index in [1.54, 1.807) is 60.7 Å². The first-order chi connectivity index (χ1) is 12.1. The first-order valence-electron chi connectivity index (χ1n) is 7.51. The van der Waals surface area contributed by atoms with Gasteiger partial charge in [-0.25, -0.2) is 0 Å². The molecule has 0 unspecified atom stereocenters. The highest BCUT2D eigenvalue weighted by Crippen LogP contribution is 2.40. The second-order valence-corrected chi connectivity index (χ2v) is 6.35. The Balaban J connectivity index is 1.88. The molecule has 0 saturated carbocycles. The predicted molar refractivity (Wildman–Crippen MR) is 96.3 cm³/mol. The van der Waals surface area contributed by atoms with E-state index in [1.807, 2.05) is 0 Å². The number of fused-ring (bicyclic) bond motifs is 2. The Morgan fingerprint density at radius 3 is 1.88 bits per heavy atom. The van der Waals surface area contributed by atoms with Crippen molar-refractivity contribution in [2.24, 2.45) is 0 Å². The van der Waals surface area contributed by atoms with Crippen molar-refractivity contribution in [3.63, 3.8) is 0 Å². The molecule has 0 atom stereocenters. The maximum atomic E-state index is 12.9. The van der Waals surface area contributed by atoms with E-state index >= 15 is 0 Å². The van der Waals surface area contributed by atoms with Crippen LogP contribution in [0.25, 0.3) is 0 Å². The molecule has 25 heavy (non-hydrogen) atoms. The third-order valence-electron chi connectivity index (χ3n) is 4.05. The number of ether oxygens (including phenoxy) is 1. The summed E-state index contributed by atoms with van der Waals surface area (Å²) in [6.45, 7) is 0. The molecule has 3 nitrogen and oxygen atoms in total. The van der Waals surface area contributed by atoms with Crippen LogP contribution in [0.15, 0.2) is 60.7 Å². The average Bonchev–Trinajstić information content (AvgIpc) is 2.63. The Kier molecular flexibility index (Phi) is 3.83. The zero-order chi connectivity index (χ0) is 17.6. The number of carbonyl (C=O) groups excluding carboxylic acids is 2. The highest BCUT2D eigenvalue weighted by Gasteiger charge is 2.32. The minimum atomic E-state index is -0.260. The summed E-state index contributed by atoms with van der Waals surface area (Å²) in [6.07, 6.45) is 0. The summed E-state index contributed by atoms with van der Waals surface area (Å²) in [7, 11) is 0. The molecule has 122 valence electrons. The fraction of sp³-hybridized carbons (Fsp3) is 0. The zero-order valence-electron chi connectivity index (χ0n) is 12.8. The first kappa shape index (κ1) is 15.9. The molecule has 0 N–H and O–H groups in total. The van der Waals surface area contributed by atoms with Crippen molar-refractivity contribution < 1.29 is 14.3 Å². The molecule has 0 radical (unpaired) electrons. The van der Waals surface area contributed by atoms with E-state index in [4.69, 9.17) is 27.9 Å². The van der Waals surface area contributed by atoms with Gasteiger partial charge in [0, 0.05) is 16.7 Å². The van der Waals surface area contributed by atoms with Crippen molar-refractivity contribution >= 4 is 34.8 Å². The van der Waals surface area contributed by atoms with Gasteiger partial charge < -0.3 is 4.74 Å². The summed E-state index contributed by atoms with van der Waals surface area (Å²) in [6, 6.07) is 16.6. The van der Waals surface area contributed by atoms with Crippen molar-refractivity contribution in [1.82, 2.24) is 0 Å². The van der Waals surface area contributed by atoms with Gasteiger partial charge in [-0.1, -0.05) is 65.7 Å². The van der Waals surface area contributed by atoms with Crippen molar-refractivity contribution in [3.05, 3.63) is 93.0 Å². The number of rotatable bonds is 2. The third kappa shape index (κ3) is 2.53. The van der Waals surface area contributed by atoms with Gasteiger partial charge >= 0.3 is 0 Å². The molecule has 0 fully saturated rings. The standard InChI is InChI=1S/C20H10Cl2O3/c21-14-8-4-9-15(22)20(14)25-16-10-3-7-13-17(16)19(24)12-6-2-1-5-11(12)18(13)23/h1-10H. The topological polar surface area (TPSA) is 43.4 Å². The Morgan fingerprint density at radius 1 is 0.640 bits per heavy atom. The summed E-state index contributed by atoms with van der Waals surface area (Å²) in [5.41, 5.74) is 1.29. The van der Waals surface area contributed by atoms with Gasteiger partial charge in [-0.2, -0.15) is 0 Å². The van der Waals surface area contributed by atoms with Gasteiger partial charge in [0.05, 0.1) is 15.6 Å². The number of ketones is 2. The van der Waals surface area contributed by atoms with Crippen molar-refractivity contribution in [2.75, 3.05) is 0 Å². The van der Waals surface area contributed by atoms with Crippen molar-refractivity contribution in [2.45, 2.75) is 0 Å². The van der Waals surface area contributed by atoms with E-state index < -0.39 is 0 Å². The predicted octanol–water partition coefficient (Wildman–Crippen LogP) is 5.56. The SMILES string of the molecule is O=C1c2ccccc2C(=O)c2c(Oc3c(Cl)cccc3Cl)cccc21. The molecule has 0 bridgehead atoms. The van der Waals surface area contributed by atoms with E-state index in [0.717, 1.165) is 0 Å². The van der Waals surface area contributed by atoms with Crippen LogP contribution in [0.4, 0.5) is 0 Å². The van der Waals surface area contributed by atoms with E-state index in [1.165, 1.54) is 0 Å². The molecule has 0 aromatic heterocycles. The quantitative estimate of drug-likeness (QED) is 0.465. The van der Waals surface area contributed by atoms with Crippen LogP contribution in [0.3, 0.4) is 0 Å². The minimum Gasteiger partial charge on any atom is -0.453 e. The first-order valence-corrected chi connectivity index (χ1v) is 8.27. The lowest BCUT2D eigenvalue weighted by atomic mass is 9.83. The summed E-state index contributed by atoms with van der Waals surface area (Å²) in [5, 5.41) is 0.639. The molecule has 0 heterocycles. The van der Waals surface area contributed by atoms with E-state index in [0.29, 0.717) is 26.7 Å². The number of carbonyl (C=O) groups is 2. The molecule has 5 heteroatoms. The van der Waals surface area contributed by atoms with Gasteiger partial charge in [-0.3, -0.25) is 9.59 Å². The smallest absolute Gasteiger partial charge is 0.198 e. The molecule has 0 spiro atoms. The lowest BCUT2D eigenvalue weighted by molar-refractivity contribution is 0.0977. The highest BCUT2D eigenvalue weighted by atomic mass is 35.5. The van der Waals surface area contributed by atoms with Crippen LogP contribution in [-0.4, -0.2) is 11.6 Å². The minimum absolute atomic E-state index is 0.207. The third-order valence-corrected chi connectivity index (χ3v) is 4.64. The number of hydrogen-bond acceptors (Lipinski definition) is 3. The van der Waals surface area contributed by atoms with Gasteiger partial charge in [0.1, 0.15) is 5.75 Å². The van der Waals surface area contributed by atoms with E-state index in [9.17, 15) is 9.59 Å². The van der Waals surface area contributed by atoms with Crippen LogP contribution in [0, 0.1) is 0 Å². The molecule has 1 aliphatic rings. The molecule has 0 saturated heterocycles. The highest BCUT2D eigenvalue weighted by molar-refractivity contribution is 6.37. The summed E-state index contributed by atoms with van der Waals surface area (Å²) < 4.78 is 5.84. The van der Waals surface area contributed by atoms with Gasteiger partial charge in [-0.05, 0) is 18.2 Å². The van der Waals surface area contributed by atoms with Crippen LogP contribution in [0.1, 0.15) is 31.8 Å². The van der Waals surface area contributed by atoms with Gasteiger partial charge in [0.15, 0.2) is 17.3 Å². The molecular weight excluding hydrogens is 359 g/mol. The van der Waals surface area contributed by atoms with Crippen molar-refractivity contribution in [1.29, 1.82) is 0 Å². The van der Waals surface area contributed by atoms with Gasteiger partial charge in [0.25, 0.3) is 0 Å². The fourth-order valence-corrected chi connectivity index (χ4v) is 3.36. The molecule has 0 aliphatic heterocycles. The average molecular weight is 369 g/mol.